The molecule has 0 radical (unpaired) electrons. The first-order valence-electron chi connectivity index (χ1n) is 2.88. The summed E-state index contributed by atoms with van der Waals surface area (Å²) in [6.45, 7) is 0. The number of primary amides is 1. The highest BCUT2D eigenvalue weighted by Gasteiger charge is 1.98. The number of carbonyl (C=O) groups excluding carboxylic acids is 1. The van der Waals surface area contributed by atoms with Crippen LogP contribution in [0.15, 0.2) is 18.2 Å². The van der Waals surface area contributed by atoms with Crippen molar-refractivity contribution in [1.29, 1.82) is 0 Å². The van der Waals surface area contributed by atoms with Gasteiger partial charge < -0.3 is 5.73 Å². The molecule has 0 heterocycles. The van der Waals surface area contributed by atoms with E-state index in [0.717, 1.165) is 0 Å². The van der Waals surface area contributed by atoms with Crippen LogP contribution in [-0.2, 0) is 4.79 Å². The number of rotatable bonds is 0. The molecule has 2 N–H and O–H groups in total. The fourth-order valence-corrected chi connectivity index (χ4v) is 1.00. The number of carbonyl (C=O) groups is 1. The lowest BCUT2D eigenvalue weighted by molar-refractivity contribution is -0.106. The lowest BCUT2D eigenvalue weighted by Crippen LogP contribution is -1.82. The Kier molecular flexibility index (Phi) is 5.89. The smallest absolute Gasteiger partial charge is 0.204 e. The van der Waals surface area contributed by atoms with Crippen LogP contribution in [-0.4, -0.2) is 6.41 Å². The molecule has 0 aliphatic carbocycles. The number of hydrogen-bond donors (Lipinski definition) is 1. The second kappa shape index (κ2) is 6.12. The molecule has 12 heavy (non-hydrogen) atoms. The van der Waals surface area contributed by atoms with Gasteiger partial charge in [-0.05, 0) is 12.1 Å². The van der Waals surface area contributed by atoms with Crippen molar-refractivity contribution in [2.75, 3.05) is 0 Å². The number of benzene rings is 1. The highest BCUT2D eigenvalue weighted by Crippen LogP contribution is 2.28. The molecule has 0 bridgehead atoms. The summed E-state index contributed by atoms with van der Waals surface area (Å²) in [5, 5.41) is 1.40. The summed E-state index contributed by atoms with van der Waals surface area (Å²) in [4.78, 5) is 8.58. The summed E-state index contributed by atoms with van der Waals surface area (Å²) in [7, 11) is 0. The van der Waals surface area contributed by atoms with E-state index in [1.54, 1.807) is 18.2 Å². The third-order valence-corrected chi connectivity index (χ3v) is 2.14. The molecule has 1 rings (SSSR count). The highest BCUT2D eigenvalue weighted by molar-refractivity contribution is 6.47. The maximum absolute atomic E-state index is 8.58. The maximum atomic E-state index is 8.58. The van der Waals surface area contributed by atoms with Crippen LogP contribution >= 0.6 is 34.8 Å². The lowest BCUT2D eigenvalue weighted by Gasteiger charge is -1.94. The van der Waals surface area contributed by atoms with E-state index >= 15 is 0 Å². The Balaban J connectivity index is 0.000000354. The molecule has 5 heteroatoms. The zero-order valence-electron chi connectivity index (χ0n) is 5.93. The van der Waals surface area contributed by atoms with Gasteiger partial charge in [-0.2, -0.15) is 0 Å². The van der Waals surface area contributed by atoms with Crippen LogP contribution in [0.25, 0.3) is 0 Å². The number of halogens is 3. The van der Waals surface area contributed by atoms with Crippen molar-refractivity contribution >= 4 is 41.2 Å². The molecule has 0 saturated carbocycles. The summed E-state index contributed by atoms with van der Waals surface area (Å²) in [5.74, 6) is 0. The number of hydrogen-bond acceptors (Lipinski definition) is 1. The summed E-state index contributed by atoms with van der Waals surface area (Å²) in [5.41, 5.74) is 4.17. The van der Waals surface area contributed by atoms with Gasteiger partial charge in [0.05, 0.1) is 15.1 Å². The topological polar surface area (TPSA) is 43.1 Å². The molecular weight excluding hydrogens is 220 g/mol. The molecule has 0 fully saturated rings. The fourth-order valence-electron chi connectivity index (χ4n) is 0.477. The van der Waals surface area contributed by atoms with E-state index in [9.17, 15) is 0 Å². The van der Waals surface area contributed by atoms with Gasteiger partial charge in [0.15, 0.2) is 0 Å². The summed E-state index contributed by atoms with van der Waals surface area (Å²) in [6.07, 6.45) is 0.250. The number of nitrogens with two attached hydrogens (primary N) is 1. The van der Waals surface area contributed by atoms with Gasteiger partial charge in [0.1, 0.15) is 0 Å². The van der Waals surface area contributed by atoms with E-state index < -0.39 is 0 Å². The predicted molar refractivity (Wildman–Crippen MR) is 51.7 cm³/mol. The average molecular weight is 226 g/mol. The molecule has 0 saturated heterocycles. The van der Waals surface area contributed by atoms with Gasteiger partial charge in [0.25, 0.3) is 0 Å². The van der Waals surface area contributed by atoms with Crippen LogP contribution in [0.5, 0.6) is 0 Å². The van der Waals surface area contributed by atoms with Crippen molar-refractivity contribution in [3.05, 3.63) is 33.3 Å². The number of amides is 1. The van der Waals surface area contributed by atoms with Gasteiger partial charge in [-0.15, -0.1) is 0 Å². The third-order valence-electron chi connectivity index (χ3n) is 0.904. The standard InChI is InChI=1S/C6H3Cl3.CH3NO/c7-4-2-1-3-5(8)6(4)9;2-1-3/h1-3H;1H,(H2,2,3). The minimum absolute atomic E-state index is 0.250. The molecule has 2 nitrogen and oxygen atoms in total. The zero-order valence-corrected chi connectivity index (χ0v) is 8.20. The SMILES string of the molecule is Clc1cccc(Cl)c1Cl.NC=O. The first kappa shape index (κ1) is 11.6. The quantitative estimate of drug-likeness (QED) is 0.536. The van der Waals surface area contributed by atoms with Crippen molar-refractivity contribution < 1.29 is 4.79 Å². The lowest BCUT2D eigenvalue weighted by atomic mass is 10.4. The molecule has 0 spiro atoms. The third kappa shape index (κ3) is 3.81. The first-order valence-corrected chi connectivity index (χ1v) is 4.01. The Morgan fingerprint density at radius 1 is 1.17 bits per heavy atom. The molecule has 0 unspecified atom stereocenters. The largest absolute Gasteiger partial charge is 0.372 e. The van der Waals surface area contributed by atoms with Crippen molar-refractivity contribution in [3.63, 3.8) is 0 Å². The zero-order chi connectivity index (χ0) is 9.56. The molecule has 1 amide bonds. The van der Waals surface area contributed by atoms with Gasteiger partial charge in [-0.25, -0.2) is 0 Å². The molecule has 0 aliphatic rings. The van der Waals surface area contributed by atoms with Crippen LogP contribution in [0.1, 0.15) is 0 Å². The van der Waals surface area contributed by atoms with Crippen LogP contribution in [0.2, 0.25) is 15.1 Å². The summed E-state index contributed by atoms with van der Waals surface area (Å²) in [6, 6.07) is 5.13. The van der Waals surface area contributed by atoms with E-state index in [0.29, 0.717) is 15.1 Å². The van der Waals surface area contributed by atoms with Crippen molar-refractivity contribution in [2.45, 2.75) is 0 Å². The predicted octanol–water partition coefficient (Wildman–Crippen LogP) is 2.75. The van der Waals surface area contributed by atoms with Gasteiger partial charge in [-0.3, -0.25) is 4.79 Å². The Morgan fingerprint density at radius 3 is 1.75 bits per heavy atom. The van der Waals surface area contributed by atoms with E-state index in [2.05, 4.69) is 5.73 Å². The minimum atomic E-state index is 0.250. The van der Waals surface area contributed by atoms with Gasteiger partial charge in [-0.1, -0.05) is 40.9 Å². The Morgan fingerprint density at radius 2 is 1.50 bits per heavy atom. The van der Waals surface area contributed by atoms with E-state index in [1.165, 1.54) is 0 Å². The molecule has 1 aromatic rings. The summed E-state index contributed by atoms with van der Waals surface area (Å²) < 4.78 is 0. The van der Waals surface area contributed by atoms with Crippen molar-refractivity contribution in [1.82, 2.24) is 0 Å². The molecule has 1 aromatic carbocycles. The summed E-state index contributed by atoms with van der Waals surface area (Å²) >= 11 is 16.8. The Bertz CT molecular complexity index is 245. The van der Waals surface area contributed by atoms with Crippen LogP contribution in [0, 0.1) is 0 Å². The molecule has 66 valence electrons. The second-order valence-corrected chi connectivity index (χ2v) is 2.86. The average Bonchev–Trinajstić information content (AvgIpc) is 2.02. The molecule has 0 atom stereocenters. The monoisotopic (exact) mass is 225 g/mol. The Labute approximate surface area is 85.2 Å². The molecular formula is C7H6Cl3NO. The van der Waals surface area contributed by atoms with Crippen molar-refractivity contribution in [2.24, 2.45) is 5.73 Å². The maximum Gasteiger partial charge on any atom is 0.204 e. The Hall–Kier alpha value is -0.440. The van der Waals surface area contributed by atoms with Crippen LogP contribution in [0.3, 0.4) is 0 Å². The van der Waals surface area contributed by atoms with Crippen molar-refractivity contribution in [3.8, 4) is 0 Å². The second-order valence-electron chi connectivity index (χ2n) is 1.67. The first-order chi connectivity index (χ1) is 5.63. The van der Waals surface area contributed by atoms with Crippen LogP contribution < -0.4 is 5.73 Å². The minimum Gasteiger partial charge on any atom is -0.372 e. The highest BCUT2D eigenvalue weighted by atomic mass is 35.5. The van der Waals surface area contributed by atoms with E-state index in [-0.39, 0.29) is 6.41 Å². The van der Waals surface area contributed by atoms with Gasteiger partial charge in [0, 0.05) is 0 Å². The fraction of sp³-hybridized carbons (Fsp3) is 0. The van der Waals surface area contributed by atoms with Gasteiger partial charge in [0.2, 0.25) is 6.41 Å². The van der Waals surface area contributed by atoms with E-state index in [1.807, 2.05) is 0 Å². The normalized spacial score (nSPS) is 8.25. The van der Waals surface area contributed by atoms with Gasteiger partial charge >= 0.3 is 0 Å². The van der Waals surface area contributed by atoms with Crippen LogP contribution in [0.4, 0.5) is 0 Å². The molecule has 0 aliphatic heterocycles. The van der Waals surface area contributed by atoms with E-state index in [4.69, 9.17) is 39.6 Å². The molecule has 0 aromatic heterocycles.